The van der Waals surface area contributed by atoms with Crippen LogP contribution in [0.2, 0.25) is 0 Å². The van der Waals surface area contributed by atoms with Crippen LogP contribution in [0.3, 0.4) is 0 Å². The summed E-state index contributed by atoms with van der Waals surface area (Å²) in [7, 11) is 3.80. The Morgan fingerprint density at radius 2 is 1.81 bits per heavy atom. The van der Waals surface area contributed by atoms with Gasteiger partial charge < -0.3 is 9.64 Å². The SMILES string of the molecule is COc1ccc(/C=C/C(=O)c2cccc(CN3CCN(C)CC3)c2)cc1. The summed E-state index contributed by atoms with van der Waals surface area (Å²) < 4.78 is 5.15. The molecular weight excluding hydrogens is 324 g/mol. The standard InChI is InChI=1S/C22H26N2O2/c1-23-12-14-24(15-13-23)17-19-4-3-5-20(16-19)22(25)11-8-18-6-9-21(26-2)10-7-18/h3-11,16H,12-15,17H2,1-2H3/b11-8+. The van der Waals surface area contributed by atoms with Crippen molar-refractivity contribution in [3.05, 3.63) is 71.3 Å². The highest BCUT2D eigenvalue weighted by molar-refractivity contribution is 6.06. The Morgan fingerprint density at radius 1 is 1.08 bits per heavy atom. The second-order valence-electron chi connectivity index (χ2n) is 6.75. The van der Waals surface area contributed by atoms with Crippen molar-refractivity contribution in [1.82, 2.24) is 9.80 Å². The van der Waals surface area contributed by atoms with E-state index in [2.05, 4.69) is 22.9 Å². The highest BCUT2D eigenvalue weighted by atomic mass is 16.5. The fraction of sp³-hybridized carbons (Fsp3) is 0.318. The molecule has 136 valence electrons. The monoisotopic (exact) mass is 350 g/mol. The molecule has 1 aliphatic rings. The van der Waals surface area contributed by atoms with Gasteiger partial charge in [-0.2, -0.15) is 0 Å². The maximum atomic E-state index is 12.5. The summed E-state index contributed by atoms with van der Waals surface area (Å²) in [4.78, 5) is 17.3. The molecule has 26 heavy (non-hydrogen) atoms. The van der Waals surface area contributed by atoms with Crippen molar-refractivity contribution in [3.63, 3.8) is 0 Å². The number of benzene rings is 2. The van der Waals surface area contributed by atoms with E-state index in [0.717, 1.165) is 49.6 Å². The number of hydrogen-bond acceptors (Lipinski definition) is 4. The minimum Gasteiger partial charge on any atom is -0.497 e. The maximum Gasteiger partial charge on any atom is 0.185 e. The number of carbonyl (C=O) groups is 1. The van der Waals surface area contributed by atoms with Crippen LogP contribution in [0.25, 0.3) is 6.08 Å². The molecule has 1 fully saturated rings. The molecule has 0 spiro atoms. The molecule has 4 nitrogen and oxygen atoms in total. The van der Waals surface area contributed by atoms with E-state index in [1.54, 1.807) is 13.2 Å². The van der Waals surface area contributed by atoms with Crippen LogP contribution >= 0.6 is 0 Å². The molecule has 0 atom stereocenters. The largest absolute Gasteiger partial charge is 0.497 e. The first-order valence-electron chi connectivity index (χ1n) is 9.00. The van der Waals surface area contributed by atoms with Gasteiger partial charge in [0.1, 0.15) is 5.75 Å². The van der Waals surface area contributed by atoms with Crippen LogP contribution in [0, 0.1) is 0 Å². The number of rotatable bonds is 6. The van der Waals surface area contributed by atoms with Crippen molar-refractivity contribution >= 4 is 11.9 Å². The smallest absolute Gasteiger partial charge is 0.185 e. The second kappa shape index (κ2) is 8.79. The van der Waals surface area contributed by atoms with Crippen LogP contribution < -0.4 is 4.74 Å². The molecule has 2 aromatic rings. The van der Waals surface area contributed by atoms with E-state index in [9.17, 15) is 4.79 Å². The topological polar surface area (TPSA) is 32.8 Å². The third kappa shape index (κ3) is 5.04. The van der Waals surface area contributed by atoms with Gasteiger partial charge in [0.2, 0.25) is 0 Å². The molecule has 0 unspecified atom stereocenters. The first-order valence-corrected chi connectivity index (χ1v) is 9.00. The molecule has 0 bridgehead atoms. The minimum atomic E-state index is 0.0287. The van der Waals surface area contributed by atoms with Crippen molar-refractivity contribution in [3.8, 4) is 5.75 Å². The van der Waals surface area contributed by atoms with E-state index >= 15 is 0 Å². The highest BCUT2D eigenvalue weighted by Crippen LogP contribution is 2.14. The lowest BCUT2D eigenvalue weighted by atomic mass is 10.1. The summed E-state index contributed by atoms with van der Waals surface area (Å²) in [5.74, 6) is 0.839. The van der Waals surface area contributed by atoms with Gasteiger partial charge in [0.05, 0.1) is 7.11 Å². The molecule has 0 N–H and O–H groups in total. The van der Waals surface area contributed by atoms with E-state index in [-0.39, 0.29) is 5.78 Å². The first-order chi connectivity index (χ1) is 12.6. The van der Waals surface area contributed by atoms with Gasteiger partial charge in [0.15, 0.2) is 5.78 Å². The van der Waals surface area contributed by atoms with Gasteiger partial charge in [-0.15, -0.1) is 0 Å². The van der Waals surface area contributed by atoms with Crippen LogP contribution in [0.5, 0.6) is 5.75 Å². The van der Waals surface area contributed by atoms with E-state index < -0.39 is 0 Å². The molecule has 0 aromatic heterocycles. The fourth-order valence-corrected chi connectivity index (χ4v) is 3.07. The molecule has 2 aromatic carbocycles. The minimum absolute atomic E-state index is 0.0287. The zero-order chi connectivity index (χ0) is 18.4. The van der Waals surface area contributed by atoms with Gasteiger partial charge in [-0.3, -0.25) is 9.69 Å². The second-order valence-corrected chi connectivity index (χ2v) is 6.75. The Morgan fingerprint density at radius 3 is 2.50 bits per heavy atom. The third-order valence-corrected chi connectivity index (χ3v) is 4.76. The average molecular weight is 350 g/mol. The van der Waals surface area contributed by atoms with Crippen LogP contribution in [-0.4, -0.2) is 55.9 Å². The summed E-state index contributed by atoms with van der Waals surface area (Å²) in [6.07, 6.45) is 3.48. The van der Waals surface area contributed by atoms with Crippen LogP contribution in [-0.2, 0) is 6.54 Å². The normalized spacial score (nSPS) is 16.1. The molecule has 0 aliphatic carbocycles. The number of carbonyl (C=O) groups excluding carboxylic acids is 1. The summed E-state index contributed by atoms with van der Waals surface area (Å²) in [6.45, 7) is 5.25. The third-order valence-electron chi connectivity index (χ3n) is 4.76. The number of piperazine rings is 1. The average Bonchev–Trinajstić information content (AvgIpc) is 2.68. The molecular formula is C22H26N2O2. The van der Waals surface area contributed by atoms with Gasteiger partial charge in [0.25, 0.3) is 0 Å². The van der Waals surface area contributed by atoms with Gasteiger partial charge in [-0.1, -0.05) is 36.4 Å². The number of ether oxygens (including phenoxy) is 1. The van der Waals surface area contributed by atoms with Gasteiger partial charge in [-0.05, 0) is 42.4 Å². The van der Waals surface area contributed by atoms with E-state index in [0.29, 0.717) is 0 Å². The number of hydrogen-bond donors (Lipinski definition) is 0. The lowest BCUT2D eigenvalue weighted by Gasteiger charge is -2.32. The Kier molecular flexibility index (Phi) is 6.21. The number of nitrogens with zero attached hydrogens (tertiary/aromatic N) is 2. The summed E-state index contributed by atoms with van der Waals surface area (Å²) >= 11 is 0. The summed E-state index contributed by atoms with van der Waals surface area (Å²) in [5, 5.41) is 0. The van der Waals surface area contributed by atoms with Crippen molar-refractivity contribution in [2.45, 2.75) is 6.54 Å². The number of allylic oxidation sites excluding steroid dienone is 1. The number of methoxy groups -OCH3 is 1. The van der Waals surface area contributed by atoms with Crippen molar-refractivity contribution in [2.75, 3.05) is 40.3 Å². The first kappa shape index (κ1) is 18.4. The number of likely N-dealkylation sites (N-methyl/N-ethyl adjacent to an activating group) is 1. The number of ketones is 1. The predicted molar refractivity (Wildman–Crippen MR) is 106 cm³/mol. The molecule has 1 aliphatic heterocycles. The van der Waals surface area contributed by atoms with E-state index in [4.69, 9.17) is 4.74 Å². The van der Waals surface area contributed by atoms with E-state index in [1.807, 2.05) is 48.5 Å². The Balaban J connectivity index is 1.62. The summed E-state index contributed by atoms with van der Waals surface area (Å²) in [5.41, 5.74) is 2.91. The quantitative estimate of drug-likeness (QED) is 0.591. The highest BCUT2D eigenvalue weighted by Gasteiger charge is 2.14. The van der Waals surface area contributed by atoms with E-state index in [1.165, 1.54) is 5.56 Å². The lowest BCUT2D eigenvalue weighted by Crippen LogP contribution is -2.43. The van der Waals surface area contributed by atoms with Gasteiger partial charge in [0, 0.05) is 38.3 Å². The Bertz CT molecular complexity index is 760. The van der Waals surface area contributed by atoms with Crippen molar-refractivity contribution in [2.24, 2.45) is 0 Å². The zero-order valence-electron chi connectivity index (χ0n) is 15.5. The lowest BCUT2D eigenvalue weighted by molar-refractivity contribution is 0.104. The molecule has 1 saturated heterocycles. The maximum absolute atomic E-state index is 12.5. The Hall–Kier alpha value is -2.43. The molecule has 3 rings (SSSR count). The predicted octanol–water partition coefficient (Wildman–Crippen LogP) is 3.34. The Labute approximate surface area is 155 Å². The van der Waals surface area contributed by atoms with Crippen LogP contribution in [0.15, 0.2) is 54.6 Å². The molecule has 0 amide bonds. The summed E-state index contributed by atoms with van der Waals surface area (Å²) in [6, 6.07) is 15.6. The van der Waals surface area contributed by atoms with Crippen LogP contribution in [0.4, 0.5) is 0 Å². The van der Waals surface area contributed by atoms with Crippen molar-refractivity contribution < 1.29 is 9.53 Å². The molecule has 0 radical (unpaired) electrons. The zero-order valence-corrected chi connectivity index (χ0v) is 15.5. The van der Waals surface area contributed by atoms with Crippen LogP contribution in [0.1, 0.15) is 21.5 Å². The van der Waals surface area contributed by atoms with Gasteiger partial charge in [-0.25, -0.2) is 0 Å². The molecule has 4 heteroatoms. The molecule has 1 heterocycles. The van der Waals surface area contributed by atoms with Gasteiger partial charge >= 0.3 is 0 Å². The van der Waals surface area contributed by atoms with Crippen molar-refractivity contribution in [1.29, 1.82) is 0 Å². The fourth-order valence-electron chi connectivity index (χ4n) is 3.07. The molecule has 0 saturated carbocycles.